The average molecular weight is 410 g/mol. The molecule has 4 rings (SSSR count). The highest BCUT2D eigenvalue weighted by molar-refractivity contribution is 5.70. The second-order valence-corrected chi connectivity index (χ2v) is 7.81. The second-order valence-electron chi connectivity index (χ2n) is 7.81. The molecule has 1 fully saturated rings. The Bertz CT molecular complexity index is 894. The molecule has 0 aliphatic carbocycles. The van der Waals surface area contributed by atoms with Crippen molar-refractivity contribution >= 4 is 17.7 Å². The maximum atomic E-state index is 12.1. The van der Waals surface area contributed by atoms with E-state index in [1.54, 1.807) is 0 Å². The van der Waals surface area contributed by atoms with Crippen LogP contribution in [-0.4, -0.2) is 42.9 Å². The van der Waals surface area contributed by atoms with E-state index in [9.17, 15) is 9.59 Å². The third kappa shape index (κ3) is 4.84. The lowest BCUT2D eigenvalue weighted by molar-refractivity contribution is -0.142. The molecule has 2 aliphatic rings. The average Bonchev–Trinajstić information content (AvgIpc) is 2.78. The molecule has 2 aliphatic heterocycles. The fourth-order valence-corrected chi connectivity index (χ4v) is 3.97. The second kappa shape index (κ2) is 9.07. The molecule has 0 spiro atoms. The number of carboxylic acids is 1. The summed E-state index contributed by atoms with van der Waals surface area (Å²) >= 11 is 0. The molecule has 30 heavy (non-hydrogen) atoms. The number of alkyl carbamates (subject to hydrolysis) is 1. The van der Waals surface area contributed by atoms with Crippen LogP contribution in [0.25, 0.3) is 0 Å². The molecule has 1 atom stereocenters. The van der Waals surface area contributed by atoms with E-state index in [4.69, 9.17) is 14.6 Å². The molecule has 2 aromatic rings. The first-order valence-electron chi connectivity index (χ1n) is 10.3. The van der Waals surface area contributed by atoms with Gasteiger partial charge in [-0.25, -0.2) is 4.79 Å². The predicted molar refractivity (Wildman–Crippen MR) is 112 cm³/mol. The molecule has 2 aromatic carbocycles. The van der Waals surface area contributed by atoms with Crippen molar-refractivity contribution in [1.82, 2.24) is 5.32 Å². The van der Waals surface area contributed by atoms with E-state index in [1.807, 2.05) is 48.5 Å². The number of carbonyl (C=O) groups excluding carboxylic acids is 1. The monoisotopic (exact) mass is 410 g/mol. The Morgan fingerprint density at radius 2 is 1.90 bits per heavy atom. The maximum absolute atomic E-state index is 12.1. The standard InChI is InChI=1S/C23H26N2O5/c26-22(27)17-8-10-25(11-9-17)20-7-6-18-12-19(15-29-21(18)13-20)24-23(28)30-14-16-4-2-1-3-5-16/h1-7,13,17,19H,8-12,14-15H2,(H,24,28)(H,26,27). The summed E-state index contributed by atoms with van der Waals surface area (Å²) in [4.78, 5) is 25.4. The zero-order valence-electron chi connectivity index (χ0n) is 16.8. The van der Waals surface area contributed by atoms with E-state index in [0.717, 1.165) is 35.7 Å². The highest BCUT2D eigenvalue weighted by atomic mass is 16.5. The summed E-state index contributed by atoms with van der Waals surface area (Å²) < 4.78 is 11.2. The Morgan fingerprint density at radius 1 is 1.13 bits per heavy atom. The number of nitrogens with zero attached hydrogens (tertiary/aromatic N) is 1. The third-order valence-electron chi connectivity index (χ3n) is 5.70. The fourth-order valence-electron chi connectivity index (χ4n) is 3.97. The minimum atomic E-state index is -0.704. The molecule has 0 bridgehead atoms. The van der Waals surface area contributed by atoms with Crippen LogP contribution < -0.4 is 15.0 Å². The number of hydrogen-bond acceptors (Lipinski definition) is 5. The van der Waals surface area contributed by atoms with Crippen molar-refractivity contribution in [2.45, 2.75) is 31.9 Å². The quantitative estimate of drug-likeness (QED) is 0.787. The number of rotatable bonds is 5. The molecule has 7 heteroatoms. The number of carbonyl (C=O) groups is 2. The van der Waals surface area contributed by atoms with E-state index in [-0.39, 0.29) is 18.6 Å². The van der Waals surface area contributed by atoms with Crippen molar-refractivity contribution in [3.05, 3.63) is 59.7 Å². The molecule has 0 saturated carbocycles. The van der Waals surface area contributed by atoms with Gasteiger partial charge in [-0.1, -0.05) is 36.4 Å². The summed E-state index contributed by atoms with van der Waals surface area (Å²) in [6, 6.07) is 15.5. The number of hydrogen-bond donors (Lipinski definition) is 2. The van der Waals surface area contributed by atoms with Gasteiger partial charge in [-0.2, -0.15) is 0 Å². The number of fused-ring (bicyclic) bond motifs is 1. The van der Waals surface area contributed by atoms with Crippen LogP contribution in [0.15, 0.2) is 48.5 Å². The van der Waals surface area contributed by atoms with Crippen LogP contribution in [0.3, 0.4) is 0 Å². The first kappa shape index (κ1) is 20.1. The van der Waals surface area contributed by atoms with Crippen molar-refractivity contribution in [1.29, 1.82) is 0 Å². The molecular weight excluding hydrogens is 384 g/mol. The minimum Gasteiger partial charge on any atom is -0.491 e. The van der Waals surface area contributed by atoms with Gasteiger partial charge in [0.1, 0.15) is 19.0 Å². The summed E-state index contributed by atoms with van der Waals surface area (Å²) in [5.74, 6) is -0.128. The lowest BCUT2D eigenvalue weighted by Gasteiger charge is -2.33. The highest BCUT2D eigenvalue weighted by Crippen LogP contribution is 2.32. The van der Waals surface area contributed by atoms with E-state index < -0.39 is 12.1 Å². The van der Waals surface area contributed by atoms with E-state index in [0.29, 0.717) is 25.9 Å². The van der Waals surface area contributed by atoms with E-state index in [1.165, 1.54) is 0 Å². The highest BCUT2D eigenvalue weighted by Gasteiger charge is 2.26. The number of anilines is 1. The lowest BCUT2D eigenvalue weighted by Crippen LogP contribution is -2.43. The van der Waals surface area contributed by atoms with Crippen LogP contribution in [0.2, 0.25) is 0 Å². The van der Waals surface area contributed by atoms with Crippen molar-refractivity contribution < 1.29 is 24.2 Å². The molecule has 1 saturated heterocycles. The lowest BCUT2D eigenvalue weighted by atomic mass is 9.96. The number of aliphatic carboxylic acids is 1. The van der Waals surface area contributed by atoms with Crippen LogP contribution >= 0.6 is 0 Å². The van der Waals surface area contributed by atoms with Crippen LogP contribution in [0.5, 0.6) is 5.75 Å². The fraction of sp³-hybridized carbons (Fsp3) is 0.391. The van der Waals surface area contributed by atoms with Gasteiger partial charge in [0.15, 0.2) is 0 Å². The minimum absolute atomic E-state index is 0.141. The van der Waals surface area contributed by atoms with Gasteiger partial charge in [-0.15, -0.1) is 0 Å². The van der Waals surface area contributed by atoms with Crippen LogP contribution in [0.1, 0.15) is 24.0 Å². The summed E-state index contributed by atoms with van der Waals surface area (Å²) in [5.41, 5.74) is 3.03. The summed E-state index contributed by atoms with van der Waals surface area (Å²) in [6.45, 7) is 2.08. The van der Waals surface area contributed by atoms with Gasteiger partial charge in [0.25, 0.3) is 0 Å². The maximum Gasteiger partial charge on any atom is 0.407 e. The molecular formula is C23H26N2O5. The Labute approximate surface area is 175 Å². The first-order valence-corrected chi connectivity index (χ1v) is 10.3. The third-order valence-corrected chi connectivity index (χ3v) is 5.70. The zero-order chi connectivity index (χ0) is 20.9. The Morgan fingerprint density at radius 3 is 2.63 bits per heavy atom. The van der Waals surface area contributed by atoms with Crippen LogP contribution in [0, 0.1) is 5.92 Å². The Balaban J connectivity index is 1.29. The van der Waals surface area contributed by atoms with Gasteiger partial charge < -0.3 is 24.8 Å². The van der Waals surface area contributed by atoms with Crippen LogP contribution in [-0.2, 0) is 22.6 Å². The number of nitrogens with one attached hydrogen (secondary N) is 1. The summed E-state index contributed by atoms with van der Waals surface area (Å²) in [5, 5.41) is 12.0. The Kier molecular flexibility index (Phi) is 6.07. The molecule has 1 amide bonds. The zero-order valence-corrected chi connectivity index (χ0v) is 16.8. The van der Waals surface area contributed by atoms with Crippen molar-refractivity contribution in [3.63, 3.8) is 0 Å². The number of carboxylic acid groups (broad SMARTS) is 1. The SMILES string of the molecule is O=C(NC1COc2cc(N3CCC(C(=O)O)CC3)ccc2C1)OCc1ccccc1. The topological polar surface area (TPSA) is 88.1 Å². The van der Waals surface area contributed by atoms with Gasteiger partial charge in [-0.3, -0.25) is 4.79 Å². The molecule has 1 unspecified atom stereocenters. The largest absolute Gasteiger partial charge is 0.491 e. The first-order chi connectivity index (χ1) is 14.6. The van der Waals surface area contributed by atoms with E-state index in [2.05, 4.69) is 10.2 Å². The summed E-state index contributed by atoms with van der Waals surface area (Å²) in [7, 11) is 0. The normalized spacial score (nSPS) is 18.8. The van der Waals surface area contributed by atoms with Crippen LogP contribution in [0.4, 0.5) is 10.5 Å². The number of ether oxygens (including phenoxy) is 2. The molecule has 158 valence electrons. The van der Waals surface area contributed by atoms with Gasteiger partial charge in [-0.05, 0) is 36.5 Å². The molecule has 0 aromatic heterocycles. The van der Waals surface area contributed by atoms with Crippen molar-refractivity contribution in [3.8, 4) is 5.75 Å². The molecule has 2 N–H and O–H groups in total. The Hall–Kier alpha value is -3.22. The summed E-state index contributed by atoms with van der Waals surface area (Å²) in [6.07, 6.45) is 1.54. The van der Waals surface area contributed by atoms with Gasteiger partial charge in [0.05, 0.1) is 12.0 Å². The van der Waals surface area contributed by atoms with Gasteiger partial charge >= 0.3 is 12.1 Å². The molecule has 0 radical (unpaired) electrons. The number of amides is 1. The molecule has 2 heterocycles. The molecule has 7 nitrogen and oxygen atoms in total. The number of piperidine rings is 1. The van der Waals surface area contributed by atoms with Gasteiger partial charge in [0, 0.05) is 24.8 Å². The smallest absolute Gasteiger partial charge is 0.407 e. The van der Waals surface area contributed by atoms with E-state index >= 15 is 0 Å². The predicted octanol–water partition coefficient (Wildman–Crippen LogP) is 3.22. The van der Waals surface area contributed by atoms with Crippen molar-refractivity contribution in [2.75, 3.05) is 24.6 Å². The van der Waals surface area contributed by atoms with Crippen molar-refractivity contribution in [2.24, 2.45) is 5.92 Å². The van der Waals surface area contributed by atoms with Gasteiger partial charge in [0.2, 0.25) is 0 Å². The number of benzene rings is 2.